The molecule has 1 N–H and O–H groups in total. The molecule has 1 saturated heterocycles. The zero-order chi connectivity index (χ0) is 8.73. The van der Waals surface area contributed by atoms with E-state index in [-0.39, 0.29) is 0 Å². The molecule has 0 bridgehead atoms. The lowest BCUT2D eigenvalue weighted by Crippen LogP contribution is -2.61. The monoisotopic (exact) mass is 173 g/mol. The average molecular weight is 173 g/mol. The minimum Gasteiger partial charge on any atom is -0.315 e. The summed E-state index contributed by atoms with van der Waals surface area (Å²) < 4.78 is 0. The largest absolute Gasteiger partial charge is 0.315 e. The van der Waals surface area contributed by atoms with Crippen molar-refractivity contribution in [2.75, 3.05) is 13.1 Å². The van der Waals surface area contributed by atoms with Crippen LogP contribution in [0.5, 0.6) is 0 Å². The van der Waals surface area contributed by atoms with Crippen LogP contribution in [-0.4, -0.2) is 13.1 Å². The summed E-state index contributed by atoms with van der Waals surface area (Å²) in [7, 11) is 0. The molecule has 0 radical (unpaired) electrons. The van der Waals surface area contributed by atoms with E-state index in [0.29, 0.717) is 5.41 Å². The SMILES string of the molecule is c1ccc([C@@H]2CCC23CNC3)cc1. The summed E-state index contributed by atoms with van der Waals surface area (Å²) in [6, 6.07) is 11.0. The minimum atomic E-state index is 0.654. The molecule has 1 atom stereocenters. The van der Waals surface area contributed by atoms with Crippen molar-refractivity contribution in [3.05, 3.63) is 35.9 Å². The van der Waals surface area contributed by atoms with Crippen LogP contribution < -0.4 is 5.32 Å². The van der Waals surface area contributed by atoms with Crippen molar-refractivity contribution < 1.29 is 0 Å². The van der Waals surface area contributed by atoms with E-state index in [4.69, 9.17) is 0 Å². The number of nitrogens with one attached hydrogen (secondary N) is 1. The van der Waals surface area contributed by atoms with Gasteiger partial charge < -0.3 is 5.32 Å². The molecular weight excluding hydrogens is 158 g/mol. The van der Waals surface area contributed by atoms with Gasteiger partial charge in [0.2, 0.25) is 0 Å². The van der Waals surface area contributed by atoms with Crippen LogP contribution in [0.4, 0.5) is 0 Å². The number of hydrogen-bond donors (Lipinski definition) is 1. The molecule has 2 fully saturated rings. The molecule has 1 heterocycles. The zero-order valence-corrected chi connectivity index (χ0v) is 7.79. The first-order valence-corrected chi connectivity index (χ1v) is 5.16. The fraction of sp³-hybridized carbons (Fsp3) is 0.500. The van der Waals surface area contributed by atoms with Crippen LogP contribution in [0.2, 0.25) is 0 Å². The van der Waals surface area contributed by atoms with Crippen LogP contribution in [-0.2, 0) is 0 Å². The summed E-state index contributed by atoms with van der Waals surface area (Å²) in [6.07, 6.45) is 2.82. The smallest absolute Gasteiger partial charge is 0.00261 e. The molecule has 1 aliphatic carbocycles. The van der Waals surface area contributed by atoms with Crippen molar-refractivity contribution in [2.24, 2.45) is 5.41 Å². The Hall–Kier alpha value is -0.820. The predicted octanol–water partition coefficient (Wildman–Crippen LogP) is 2.15. The van der Waals surface area contributed by atoms with E-state index in [0.717, 1.165) is 5.92 Å². The van der Waals surface area contributed by atoms with Crippen LogP contribution in [0.3, 0.4) is 0 Å². The van der Waals surface area contributed by atoms with Crippen molar-refractivity contribution >= 4 is 0 Å². The van der Waals surface area contributed by atoms with Crippen LogP contribution in [0, 0.1) is 5.41 Å². The fourth-order valence-corrected chi connectivity index (χ4v) is 2.77. The average Bonchev–Trinajstić information content (AvgIpc) is 2.01. The maximum atomic E-state index is 3.40. The Morgan fingerprint density at radius 2 is 1.92 bits per heavy atom. The minimum absolute atomic E-state index is 0.654. The van der Waals surface area contributed by atoms with Crippen LogP contribution >= 0.6 is 0 Å². The highest BCUT2D eigenvalue weighted by atomic mass is 15.0. The second-order valence-corrected chi connectivity index (χ2v) is 4.47. The first-order chi connectivity index (χ1) is 6.41. The molecular formula is C12H15N. The third kappa shape index (κ3) is 0.969. The van der Waals surface area contributed by atoms with Gasteiger partial charge in [-0.2, -0.15) is 0 Å². The molecule has 0 unspecified atom stereocenters. The molecule has 1 heteroatoms. The summed E-state index contributed by atoms with van der Waals surface area (Å²) in [5, 5.41) is 3.40. The van der Waals surface area contributed by atoms with Crippen molar-refractivity contribution in [1.29, 1.82) is 0 Å². The van der Waals surface area contributed by atoms with Crippen molar-refractivity contribution in [1.82, 2.24) is 5.32 Å². The predicted molar refractivity (Wildman–Crippen MR) is 53.7 cm³/mol. The van der Waals surface area contributed by atoms with Crippen LogP contribution in [0.1, 0.15) is 24.3 Å². The van der Waals surface area contributed by atoms with E-state index >= 15 is 0 Å². The fourth-order valence-electron chi connectivity index (χ4n) is 2.77. The summed E-state index contributed by atoms with van der Waals surface area (Å²) in [4.78, 5) is 0. The van der Waals surface area contributed by atoms with Gasteiger partial charge in [-0.25, -0.2) is 0 Å². The number of hydrogen-bond acceptors (Lipinski definition) is 1. The van der Waals surface area contributed by atoms with Crippen molar-refractivity contribution in [3.8, 4) is 0 Å². The van der Waals surface area contributed by atoms with E-state index in [1.165, 1.54) is 25.9 Å². The lowest BCUT2D eigenvalue weighted by molar-refractivity contribution is 0.0253. The first-order valence-electron chi connectivity index (χ1n) is 5.16. The standard InChI is InChI=1S/C12H15N/c1-2-4-10(5-3-1)11-6-7-12(11)8-13-9-12/h1-5,11,13H,6-9H2/t11-/m0/s1. The van der Waals surface area contributed by atoms with Crippen molar-refractivity contribution in [3.63, 3.8) is 0 Å². The maximum absolute atomic E-state index is 3.40. The van der Waals surface area contributed by atoms with Gasteiger partial charge in [0.25, 0.3) is 0 Å². The van der Waals surface area contributed by atoms with Crippen LogP contribution in [0.25, 0.3) is 0 Å². The van der Waals surface area contributed by atoms with Gasteiger partial charge in [0.1, 0.15) is 0 Å². The Morgan fingerprint density at radius 3 is 2.38 bits per heavy atom. The molecule has 1 spiro atoms. The van der Waals surface area contributed by atoms with Crippen LogP contribution in [0.15, 0.2) is 30.3 Å². The molecule has 0 amide bonds. The van der Waals surface area contributed by atoms with E-state index in [1.807, 2.05) is 0 Å². The third-order valence-corrected chi connectivity index (χ3v) is 3.83. The molecule has 68 valence electrons. The van der Waals surface area contributed by atoms with Gasteiger partial charge in [0.05, 0.1) is 0 Å². The van der Waals surface area contributed by atoms with Crippen molar-refractivity contribution in [2.45, 2.75) is 18.8 Å². The highest BCUT2D eigenvalue weighted by Gasteiger charge is 2.51. The first kappa shape index (κ1) is 7.57. The van der Waals surface area contributed by atoms with Gasteiger partial charge >= 0.3 is 0 Å². The van der Waals surface area contributed by atoms with Gasteiger partial charge in [0, 0.05) is 18.5 Å². The Labute approximate surface area is 79.2 Å². The van der Waals surface area contributed by atoms with Gasteiger partial charge in [-0.15, -0.1) is 0 Å². The van der Waals surface area contributed by atoms with E-state index < -0.39 is 0 Å². The summed E-state index contributed by atoms with van der Waals surface area (Å²) in [6.45, 7) is 2.49. The zero-order valence-electron chi connectivity index (χ0n) is 7.79. The van der Waals surface area contributed by atoms with Gasteiger partial charge in [-0.05, 0) is 24.3 Å². The molecule has 13 heavy (non-hydrogen) atoms. The highest BCUT2D eigenvalue weighted by Crippen LogP contribution is 2.54. The third-order valence-electron chi connectivity index (χ3n) is 3.83. The van der Waals surface area contributed by atoms with Gasteiger partial charge in [-0.3, -0.25) is 0 Å². The molecule has 2 aliphatic rings. The topological polar surface area (TPSA) is 12.0 Å². The molecule has 0 aromatic heterocycles. The van der Waals surface area contributed by atoms with Gasteiger partial charge in [0.15, 0.2) is 0 Å². The Balaban J connectivity index is 1.87. The van der Waals surface area contributed by atoms with Gasteiger partial charge in [-0.1, -0.05) is 30.3 Å². The van der Waals surface area contributed by atoms with E-state index in [1.54, 1.807) is 5.56 Å². The molecule has 1 aromatic rings. The lowest BCUT2D eigenvalue weighted by Gasteiger charge is -2.56. The molecule has 1 aliphatic heterocycles. The molecule has 1 saturated carbocycles. The van der Waals surface area contributed by atoms with E-state index in [9.17, 15) is 0 Å². The second-order valence-electron chi connectivity index (χ2n) is 4.47. The molecule has 1 nitrogen and oxygen atoms in total. The Morgan fingerprint density at radius 1 is 1.15 bits per heavy atom. The lowest BCUT2D eigenvalue weighted by atomic mass is 9.54. The quantitative estimate of drug-likeness (QED) is 0.686. The number of rotatable bonds is 1. The summed E-state index contributed by atoms with van der Waals surface area (Å²) in [5.74, 6) is 0.843. The second kappa shape index (κ2) is 2.58. The summed E-state index contributed by atoms with van der Waals surface area (Å²) >= 11 is 0. The number of benzene rings is 1. The highest BCUT2D eigenvalue weighted by molar-refractivity contribution is 5.27. The Bertz CT molecular complexity index is 295. The normalized spacial score (nSPS) is 29.4. The molecule has 1 aromatic carbocycles. The molecule has 3 rings (SSSR count). The Kier molecular flexibility index (Phi) is 1.50. The van der Waals surface area contributed by atoms with E-state index in [2.05, 4.69) is 35.6 Å². The maximum Gasteiger partial charge on any atom is 0.00261 e. The summed E-state index contributed by atoms with van der Waals surface area (Å²) in [5.41, 5.74) is 2.21.